The molecular weight excluding hydrogens is 338 g/mol. The average Bonchev–Trinajstić information content (AvgIpc) is 2.65. The summed E-state index contributed by atoms with van der Waals surface area (Å²) in [6, 6.07) is 7.86. The standard InChI is InChI=1S/C23H35NO3/c1-16-11-13-24(22(17(16)2)19-9-6-10-20(25)15-19)14-12-21(23(26)27)18-7-4-3-5-8-18/h6,9-10,15-18,21-22,25H,3-5,7-8,11-14H2,1-2H3,(H,26,27)/t16?,17-,21?,22-/m0/s1. The number of phenolic OH excluding ortho intramolecular Hbond substituents is 1. The highest BCUT2D eigenvalue weighted by Gasteiger charge is 2.36. The Morgan fingerprint density at radius 1 is 1.19 bits per heavy atom. The quantitative estimate of drug-likeness (QED) is 0.730. The topological polar surface area (TPSA) is 60.8 Å². The van der Waals surface area contributed by atoms with Gasteiger partial charge in [0.2, 0.25) is 0 Å². The highest BCUT2D eigenvalue weighted by atomic mass is 16.4. The minimum absolute atomic E-state index is 0.218. The molecule has 27 heavy (non-hydrogen) atoms. The van der Waals surface area contributed by atoms with Gasteiger partial charge in [0.15, 0.2) is 0 Å². The van der Waals surface area contributed by atoms with E-state index in [1.54, 1.807) is 6.07 Å². The summed E-state index contributed by atoms with van der Waals surface area (Å²) in [5.74, 6) is 0.930. The highest BCUT2D eigenvalue weighted by molar-refractivity contribution is 5.70. The van der Waals surface area contributed by atoms with E-state index in [-0.39, 0.29) is 12.0 Å². The first kappa shape index (κ1) is 20.2. The van der Waals surface area contributed by atoms with Crippen LogP contribution in [0.1, 0.15) is 70.4 Å². The Morgan fingerprint density at radius 3 is 2.59 bits per heavy atom. The molecule has 0 amide bonds. The number of carboxylic acid groups (broad SMARTS) is 1. The molecule has 4 nitrogen and oxygen atoms in total. The number of carboxylic acids is 1. The molecule has 2 fully saturated rings. The van der Waals surface area contributed by atoms with Gasteiger partial charge in [0.1, 0.15) is 5.75 Å². The number of hydrogen-bond donors (Lipinski definition) is 2. The molecule has 1 saturated heterocycles. The fraction of sp³-hybridized carbons (Fsp3) is 0.696. The van der Waals surface area contributed by atoms with Crippen molar-refractivity contribution in [3.63, 3.8) is 0 Å². The summed E-state index contributed by atoms with van der Waals surface area (Å²) in [6.07, 6.45) is 7.63. The summed E-state index contributed by atoms with van der Waals surface area (Å²) in [5.41, 5.74) is 1.15. The van der Waals surface area contributed by atoms with Crippen molar-refractivity contribution in [1.29, 1.82) is 0 Å². The zero-order valence-electron chi connectivity index (χ0n) is 16.8. The monoisotopic (exact) mass is 373 g/mol. The van der Waals surface area contributed by atoms with Gasteiger partial charge in [-0.3, -0.25) is 9.69 Å². The molecule has 1 aliphatic carbocycles. The Morgan fingerprint density at radius 2 is 1.93 bits per heavy atom. The largest absolute Gasteiger partial charge is 0.508 e. The lowest BCUT2D eigenvalue weighted by molar-refractivity contribution is -0.144. The van der Waals surface area contributed by atoms with Gasteiger partial charge in [-0.25, -0.2) is 0 Å². The lowest BCUT2D eigenvalue weighted by atomic mass is 9.77. The highest BCUT2D eigenvalue weighted by Crippen LogP contribution is 2.40. The normalized spacial score (nSPS) is 28.7. The van der Waals surface area contributed by atoms with Crippen LogP contribution >= 0.6 is 0 Å². The van der Waals surface area contributed by atoms with Crippen molar-refractivity contribution in [1.82, 2.24) is 4.90 Å². The lowest BCUT2D eigenvalue weighted by Crippen LogP contribution is -2.43. The first-order chi connectivity index (χ1) is 13.0. The Bertz CT molecular complexity index is 626. The van der Waals surface area contributed by atoms with Crippen molar-refractivity contribution in [3.05, 3.63) is 29.8 Å². The van der Waals surface area contributed by atoms with Crippen LogP contribution in [0.3, 0.4) is 0 Å². The van der Waals surface area contributed by atoms with Gasteiger partial charge in [-0.15, -0.1) is 0 Å². The molecule has 3 rings (SSSR count). The molecule has 1 aromatic carbocycles. The SMILES string of the molecule is CC1CCN(CCC(C(=O)O)C2CCCCC2)[C@H](c2cccc(O)c2)[C@H]1C. The van der Waals surface area contributed by atoms with Gasteiger partial charge in [0, 0.05) is 6.04 Å². The van der Waals surface area contributed by atoms with Crippen molar-refractivity contribution in [2.24, 2.45) is 23.7 Å². The molecule has 1 aromatic rings. The molecule has 1 saturated carbocycles. The van der Waals surface area contributed by atoms with E-state index < -0.39 is 5.97 Å². The van der Waals surface area contributed by atoms with E-state index in [0.29, 0.717) is 23.5 Å². The number of aliphatic carboxylic acids is 1. The van der Waals surface area contributed by atoms with Gasteiger partial charge >= 0.3 is 5.97 Å². The number of likely N-dealkylation sites (tertiary alicyclic amines) is 1. The molecule has 2 N–H and O–H groups in total. The third kappa shape index (κ3) is 4.84. The summed E-state index contributed by atoms with van der Waals surface area (Å²) < 4.78 is 0. The van der Waals surface area contributed by atoms with Gasteiger partial charge in [-0.1, -0.05) is 45.2 Å². The Labute approximate surface area is 163 Å². The number of nitrogens with zero attached hydrogens (tertiary/aromatic N) is 1. The van der Waals surface area contributed by atoms with Crippen LogP contribution in [0.4, 0.5) is 0 Å². The van der Waals surface area contributed by atoms with Gasteiger partial charge in [-0.2, -0.15) is 0 Å². The molecule has 150 valence electrons. The molecule has 0 spiro atoms. The van der Waals surface area contributed by atoms with Gasteiger partial charge < -0.3 is 10.2 Å². The molecule has 1 aliphatic heterocycles. The summed E-state index contributed by atoms with van der Waals surface area (Å²) >= 11 is 0. The molecule has 2 unspecified atom stereocenters. The van der Waals surface area contributed by atoms with Gasteiger partial charge in [0.25, 0.3) is 0 Å². The molecule has 0 radical (unpaired) electrons. The Balaban J connectivity index is 1.73. The molecule has 0 aromatic heterocycles. The first-order valence-corrected chi connectivity index (χ1v) is 10.7. The second-order valence-corrected chi connectivity index (χ2v) is 8.83. The summed E-state index contributed by atoms with van der Waals surface area (Å²) in [4.78, 5) is 14.4. The predicted molar refractivity (Wildman–Crippen MR) is 108 cm³/mol. The van der Waals surface area contributed by atoms with E-state index in [2.05, 4.69) is 24.8 Å². The van der Waals surface area contributed by atoms with Crippen molar-refractivity contribution in [3.8, 4) is 5.75 Å². The zero-order valence-corrected chi connectivity index (χ0v) is 16.8. The van der Waals surface area contributed by atoms with Crippen molar-refractivity contribution in [2.45, 2.75) is 64.8 Å². The number of hydrogen-bond acceptors (Lipinski definition) is 3. The second-order valence-electron chi connectivity index (χ2n) is 8.83. The smallest absolute Gasteiger partial charge is 0.306 e. The lowest BCUT2D eigenvalue weighted by Gasteiger charge is -2.44. The van der Waals surface area contributed by atoms with Crippen LogP contribution in [0.15, 0.2) is 24.3 Å². The minimum atomic E-state index is -0.616. The minimum Gasteiger partial charge on any atom is -0.508 e. The zero-order chi connectivity index (χ0) is 19.4. The van der Waals surface area contributed by atoms with Crippen molar-refractivity contribution >= 4 is 5.97 Å². The number of carbonyl (C=O) groups is 1. The fourth-order valence-corrected chi connectivity index (χ4v) is 5.29. The third-order valence-corrected chi connectivity index (χ3v) is 7.14. The Hall–Kier alpha value is -1.55. The molecule has 1 heterocycles. The Kier molecular flexibility index (Phi) is 6.80. The maximum atomic E-state index is 11.9. The van der Waals surface area contributed by atoms with Gasteiger partial charge in [-0.05, 0) is 74.2 Å². The number of phenols is 1. The first-order valence-electron chi connectivity index (χ1n) is 10.7. The van der Waals surface area contributed by atoms with E-state index in [9.17, 15) is 15.0 Å². The maximum absolute atomic E-state index is 11.9. The van der Waals surface area contributed by atoms with Crippen LogP contribution in [0, 0.1) is 23.7 Å². The number of benzene rings is 1. The van der Waals surface area contributed by atoms with Crippen molar-refractivity contribution in [2.75, 3.05) is 13.1 Å². The van der Waals surface area contributed by atoms with Crippen LogP contribution in [0.25, 0.3) is 0 Å². The summed E-state index contributed by atoms with van der Waals surface area (Å²) in [5, 5.41) is 19.8. The summed E-state index contributed by atoms with van der Waals surface area (Å²) in [6.45, 7) is 6.43. The number of rotatable bonds is 6. The number of aromatic hydroxyl groups is 1. The van der Waals surface area contributed by atoms with Crippen LogP contribution in [-0.2, 0) is 4.79 Å². The van der Waals surface area contributed by atoms with E-state index in [4.69, 9.17) is 0 Å². The maximum Gasteiger partial charge on any atom is 0.306 e. The predicted octanol–water partition coefficient (Wildman–Crippen LogP) is 5.08. The van der Waals surface area contributed by atoms with Crippen LogP contribution < -0.4 is 0 Å². The van der Waals surface area contributed by atoms with Crippen LogP contribution in [0.2, 0.25) is 0 Å². The molecule has 4 heteroatoms. The van der Waals surface area contributed by atoms with E-state index in [1.807, 2.05) is 12.1 Å². The van der Waals surface area contributed by atoms with E-state index >= 15 is 0 Å². The van der Waals surface area contributed by atoms with Gasteiger partial charge in [0.05, 0.1) is 5.92 Å². The number of piperidine rings is 1. The molecule has 0 bridgehead atoms. The third-order valence-electron chi connectivity index (χ3n) is 7.14. The summed E-state index contributed by atoms with van der Waals surface area (Å²) in [7, 11) is 0. The van der Waals surface area contributed by atoms with Crippen molar-refractivity contribution < 1.29 is 15.0 Å². The molecule has 2 aliphatic rings. The van der Waals surface area contributed by atoms with E-state index in [0.717, 1.165) is 44.3 Å². The molecular formula is C23H35NO3. The van der Waals surface area contributed by atoms with E-state index in [1.165, 1.54) is 19.3 Å². The van der Waals surface area contributed by atoms with Crippen LogP contribution in [0.5, 0.6) is 5.75 Å². The molecule has 4 atom stereocenters. The second kappa shape index (κ2) is 9.09. The fourth-order valence-electron chi connectivity index (χ4n) is 5.29. The average molecular weight is 374 g/mol. The van der Waals surface area contributed by atoms with Crippen LogP contribution in [-0.4, -0.2) is 34.2 Å².